The highest BCUT2D eigenvalue weighted by atomic mass is 16.5. The van der Waals surface area contributed by atoms with Gasteiger partial charge in [0.1, 0.15) is 5.69 Å². The quantitative estimate of drug-likeness (QED) is 0.232. The first-order valence-corrected chi connectivity index (χ1v) is 11.9. The SMILES string of the molecule is COc1cc(/C=N\NC(=O)[C@@H](NC(=O)c2ccccc2)c2n[nH]c(=O)c3ccccc23)ccc1OC(C)C. The standard InChI is InChI=1S/C28H27N5O5/c1-17(2)38-22-14-13-18(15-23(22)37-3)16-29-32-28(36)25(30-26(34)19-9-5-4-6-10-19)24-20-11-7-8-12-21(20)27(35)33-31-24/h4-17,25H,1-3H3,(H,30,34)(H,32,36)(H,33,35)/b29-16-/t25-/m0/s1. The molecule has 0 saturated carbocycles. The van der Waals surface area contributed by atoms with Gasteiger partial charge in [0.15, 0.2) is 17.5 Å². The van der Waals surface area contributed by atoms with Crippen molar-refractivity contribution in [3.63, 3.8) is 0 Å². The third-order valence-corrected chi connectivity index (χ3v) is 5.51. The fraction of sp³-hybridized carbons (Fsp3) is 0.179. The Labute approximate surface area is 218 Å². The second-order valence-corrected chi connectivity index (χ2v) is 8.57. The van der Waals surface area contributed by atoms with Crippen LogP contribution in [0.3, 0.4) is 0 Å². The van der Waals surface area contributed by atoms with Crippen molar-refractivity contribution < 1.29 is 19.1 Å². The molecule has 4 rings (SSSR count). The van der Waals surface area contributed by atoms with Gasteiger partial charge < -0.3 is 14.8 Å². The van der Waals surface area contributed by atoms with Gasteiger partial charge in [0.2, 0.25) is 0 Å². The van der Waals surface area contributed by atoms with Crippen molar-refractivity contribution in [1.82, 2.24) is 20.9 Å². The molecule has 0 saturated heterocycles. The summed E-state index contributed by atoms with van der Waals surface area (Å²) in [6.45, 7) is 3.83. The van der Waals surface area contributed by atoms with Gasteiger partial charge in [-0.3, -0.25) is 14.4 Å². The van der Waals surface area contributed by atoms with Gasteiger partial charge in [0.25, 0.3) is 17.4 Å². The predicted octanol–water partition coefficient (Wildman–Crippen LogP) is 3.34. The number of aromatic amines is 1. The molecule has 10 nitrogen and oxygen atoms in total. The molecular weight excluding hydrogens is 486 g/mol. The number of hydrogen-bond donors (Lipinski definition) is 3. The number of fused-ring (bicyclic) bond motifs is 1. The molecule has 0 fully saturated rings. The van der Waals surface area contributed by atoms with E-state index in [9.17, 15) is 14.4 Å². The van der Waals surface area contributed by atoms with Crippen LogP contribution in [0, 0.1) is 0 Å². The Morgan fingerprint density at radius 3 is 2.39 bits per heavy atom. The Morgan fingerprint density at radius 1 is 0.974 bits per heavy atom. The fourth-order valence-corrected chi connectivity index (χ4v) is 3.77. The highest BCUT2D eigenvalue weighted by Gasteiger charge is 2.27. The lowest BCUT2D eigenvalue weighted by Gasteiger charge is -2.18. The maximum absolute atomic E-state index is 13.3. The summed E-state index contributed by atoms with van der Waals surface area (Å²) >= 11 is 0. The number of hydrazone groups is 1. The van der Waals surface area contributed by atoms with E-state index in [1.165, 1.54) is 13.3 Å². The van der Waals surface area contributed by atoms with Gasteiger partial charge in [0.05, 0.1) is 24.8 Å². The highest BCUT2D eigenvalue weighted by molar-refractivity contribution is 5.99. The monoisotopic (exact) mass is 513 g/mol. The van der Waals surface area contributed by atoms with Crippen LogP contribution in [-0.4, -0.2) is 41.4 Å². The van der Waals surface area contributed by atoms with Crippen LogP contribution >= 0.6 is 0 Å². The van der Waals surface area contributed by atoms with E-state index in [1.807, 2.05) is 13.8 Å². The van der Waals surface area contributed by atoms with Crippen LogP contribution in [-0.2, 0) is 4.79 Å². The number of rotatable bonds is 9. The summed E-state index contributed by atoms with van der Waals surface area (Å²) in [6.07, 6.45) is 1.41. The van der Waals surface area contributed by atoms with Crippen LogP contribution in [0.1, 0.15) is 41.5 Å². The molecular formula is C28H27N5O5. The average molecular weight is 514 g/mol. The molecule has 0 radical (unpaired) electrons. The smallest absolute Gasteiger partial charge is 0.272 e. The van der Waals surface area contributed by atoms with Gasteiger partial charge in [-0.2, -0.15) is 10.2 Å². The molecule has 0 aliphatic heterocycles. The van der Waals surface area contributed by atoms with Gasteiger partial charge >= 0.3 is 0 Å². The summed E-state index contributed by atoms with van der Waals surface area (Å²) in [6, 6.07) is 19.2. The Morgan fingerprint density at radius 2 is 1.68 bits per heavy atom. The molecule has 4 aromatic rings. The molecule has 0 aliphatic rings. The molecule has 38 heavy (non-hydrogen) atoms. The Kier molecular flexibility index (Phi) is 8.12. The number of H-pyrrole nitrogens is 1. The Hall–Kier alpha value is -4.99. The molecule has 1 heterocycles. The lowest BCUT2D eigenvalue weighted by molar-refractivity contribution is -0.123. The molecule has 2 amide bonds. The Balaban J connectivity index is 1.62. The summed E-state index contributed by atoms with van der Waals surface area (Å²) in [7, 11) is 1.53. The van der Waals surface area contributed by atoms with Gasteiger partial charge in [-0.25, -0.2) is 10.5 Å². The van der Waals surface area contributed by atoms with E-state index in [-0.39, 0.29) is 11.8 Å². The minimum absolute atomic E-state index is 0.0247. The topological polar surface area (TPSA) is 135 Å². The second-order valence-electron chi connectivity index (χ2n) is 8.57. The largest absolute Gasteiger partial charge is 0.493 e. The van der Waals surface area contributed by atoms with Gasteiger partial charge in [-0.1, -0.05) is 36.4 Å². The minimum Gasteiger partial charge on any atom is -0.493 e. The van der Waals surface area contributed by atoms with Crippen molar-refractivity contribution in [3.05, 3.63) is 100.0 Å². The minimum atomic E-state index is -1.25. The molecule has 0 unspecified atom stereocenters. The van der Waals surface area contributed by atoms with Crippen LogP contribution in [0.5, 0.6) is 11.5 Å². The van der Waals surface area contributed by atoms with Crippen LogP contribution in [0.25, 0.3) is 10.8 Å². The molecule has 1 aromatic heterocycles. The van der Waals surface area contributed by atoms with E-state index >= 15 is 0 Å². The van der Waals surface area contributed by atoms with Crippen molar-refractivity contribution >= 4 is 28.8 Å². The van der Waals surface area contributed by atoms with Crippen LogP contribution in [0.2, 0.25) is 0 Å². The molecule has 0 aliphatic carbocycles. The number of amides is 2. The van der Waals surface area contributed by atoms with E-state index in [1.54, 1.807) is 72.8 Å². The van der Waals surface area contributed by atoms with E-state index in [0.717, 1.165) is 0 Å². The number of hydrogen-bond acceptors (Lipinski definition) is 7. The van der Waals surface area contributed by atoms with E-state index in [4.69, 9.17) is 9.47 Å². The fourth-order valence-electron chi connectivity index (χ4n) is 3.77. The number of benzene rings is 3. The third kappa shape index (κ3) is 6.04. The van der Waals surface area contributed by atoms with Crippen molar-refractivity contribution in [2.75, 3.05) is 7.11 Å². The summed E-state index contributed by atoms with van der Waals surface area (Å²) in [5.74, 6) is -0.0338. The first kappa shape index (κ1) is 26.1. The lowest BCUT2D eigenvalue weighted by atomic mass is 10.0. The van der Waals surface area contributed by atoms with Crippen LogP contribution in [0.15, 0.2) is 82.7 Å². The maximum atomic E-state index is 13.3. The summed E-state index contributed by atoms with van der Waals surface area (Å²) < 4.78 is 11.1. The Bertz CT molecular complexity index is 1530. The summed E-state index contributed by atoms with van der Waals surface area (Å²) in [5.41, 5.74) is 3.24. The van der Waals surface area contributed by atoms with E-state index < -0.39 is 23.4 Å². The van der Waals surface area contributed by atoms with Crippen molar-refractivity contribution in [3.8, 4) is 11.5 Å². The summed E-state index contributed by atoms with van der Waals surface area (Å²) in [5, 5.41) is 14.0. The van der Waals surface area contributed by atoms with Crippen molar-refractivity contribution in [2.24, 2.45) is 5.10 Å². The molecule has 0 spiro atoms. The maximum Gasteiger partial charge on any atom is 0.272 e. The van der Waals surface area contributed by atoms with Crippen LogP contribution in [0.4, 0.5) is 0 Å². The van der Waals surface area contributed by atoms with E-state index in [0.29, 0.717) is 33.4 Å². The second kappa shape index (κ2) is 11.8. The van der Waals surface area contributed by atoms with Gasteiger partial charge in [-0.05, 0) is 55.8 Å². The average Bonchev–Trinajstić information content (AvgIpc) is 2.93. The molecule has 1 atom stereocenters. The number of carbonyl (C=O) groups excluding carboxylic acids is 2. The number of nitrogens with zero attached hydrogens (tertiary/aromatic N) is 2. The number of ether oxygens (including phenoxy) is 2. The molecule has 3 aromatic carbocycles. The number of carbonyl (C=O) groups is 2. The predicted molar refractivity (Wildman–Crippen MR) is 144 cm³/mol. The molecule has 3 N–H and O–H groups in total. The van der Waals surface area contributed by atoms with Crippen molar-refractivity contribution in [2.45, 2.75) is 26.0 Å². The zero-order valence-corrected chi connectivity index (χ0v) is 21.1. The first-order chi connectivity index (χ1) is 18.4. The first-order valence-electron chi connectivity index (χ1n) is 11.9. The number of methoxy groups -OCH3 is 1. The van der Waals surface area contributed by atoms with Crippen molar-refractivity contribution in [1.29, 1.82) is 0 Å². The molecule has 0 bridgehead atoms. The molecule has 10 heteroatoms. The molecule has 194 valence electrons. The van der Waals surface area contributed by atoms with Crippen LogP contribution < -0.4 is 25.8 Å². The third-order valence-electron chi connectivity index (χ3n) is 5.51. The number of aromatic nitrogens is 2. The van der Waals surface area contributed by atoms with Gasteiger partial charge in [0, 0.05) is 10.9 Å². The lowest BCUT2D eigenvalue weighted by Crippen LogP contribution is -2.40. The summed E-state index contributed by atoms with van der Waals surface area (Å²) in [4.78, 5) is 38.5. The zero-order valence-electron chi connectivity index (χ0n) is 21.1. The normalized spacial score (nSPS) is 11.9. The van der Waals surface area contributed by atoms with Gasteiger partial charge in [-0.15, -0.1) is 0 Å². The number of nitrogens with one attached hydrogen (secondary N) is 3. The highest BCUT2D eigenvalue weighted by Crippen LogP contribution is 2.28. The zero-order chi connectivity index (χ0) is 27.1. The van der Waals surface area contributed by atoms with E-state index in [2.05, 4.69) is 26.0 Å².